The average molecular weight is 264 g/mol. The second kappa shape index (κ2) is 6.17. The van der Waals surface area contributed by atoms with Gasteiger partial charge in [0.25, 0.3) is 5.91 Å². The first kappa shape index (κ1) is 14.9. The van der Waals surface area contributed by atoms with Gasteiger partial charge >= 0.3 is 0 Å². The largest absolute Gasteiger partial charge is 0.409 e. The van der Waals surface area contributed by atoms with Gasteiger partial charge in [0.15, 0.2) is 0 Å². The summed E-state index contributed by atoms with van der Waals surface area (Å²) in [5, 5.41) is 11.5. The minimum absolute atomic E-state index is 0.110. The summed E-state index contributed by atoms with van der Waals surface area (Å²) in [6.45, 7) is 5.85. The molecule has 1 unspecified atom stereocenters. The first-order valence-corrected chi connectivity index (χ1v) is 6.04. The lowest BCUT2D eigenvalue weighted by Gasteiger charge is -2.21. The average Bonchev–Trinajstić information content (AvgIpc) is 2.36. The zero-order valence-corrected chi connectivity index (χ0v) is 11.7. The van der Waals surface area contributed by atoms with E-state index in [9.17, 15) is 4.79 Å². The van der Waals surface area contributed by atoms with Crippen LogP contribution < -0.4 is 5.73 Å². The Hall–Kier alpha value is -2.11. The molecule has 0 fully saturated rings. The number of oxime groups is 1. The van der Waals surface area contributed by atoms with Gasteiger partial charge < -0.3 is 15.8 Å². The van der Waals surface area contributed by atoms with Gasteiger partial charge in [0, 0.05) is 25.2 Å². The van der Waals surface area contributed by atoms with Gasteiger partial charge in [-0.3, -0.25) is 9.78 Å². The Balaban J connectivity index is 2.82. The molecule has 1 amide bonds. The molecule has 0 aliphatic rings. The third-order valence-electron chi connectivity index (χ3n) is 2.97. The van der Waals surface area contributed by atoms with Crippen LogP contribution in [-0.4, -0.2) is 40.4 Å². The van der Waals surface area contributed by atoms with Crippen LogP contribution in [0.1, 0.15) is 28.7 Å². The van der Waals surface area contributed by atoms with Gasteiger partial charge in [0.2, 0.25) is 0 Å². The molecule has 0 saturated heterocycles. The smallest absolute Gasteiger partial charge is 0.255 e. The van der Waals surface area contributed by atoms with E-state index in [1.54, 1.807) is 37.9 Å². The lowest BCUT2D eigenvalue weighted by atomic mass is 10.1. The predicted molar refractivity (Wildman–Crippen MR) is 73.2 cm³/mol. The summed E-state index contributed by atoms with van der Waals surface area (Å²) in [5.74, 6) is -0.223. The summed E-state index contributed by atoms with van der Waals surface area (Å²) in [4.78, 5) is 18.1. The number of pyridine rings is 1. The Morgan fingerprint density at radius 1 is 1.53 bits per heavy atom. The molecule has 0 bridgehead atoms. The molecule has 3 N–H and O–H groups in total. The van der Waals surface area contributed by atoms with Gasteiger partial charge in [-0.1, -0.05) is 12.1 Å². The Morgan fingerprint density at radius 3 is 2.68 bits per heavy atom. The molecule has 0 aliphatic heterocycles. The monoisotopic (exact) mass is 264 g/mol. The summed E-state index contributed by atoms with van der Waals surface area (Å²) in [6.07, 6.45) is 0. The molecule has 0 aromatic carbocycles. The number of nitrogens with two attached hydrogens (primary N) is 1. The number of aromatic nitrogens is 1. The molecule has 1 aromatic rings. The zero-order valence-electron chi connectivity index (χ0n) is 11.7. The predicted octanol–water partition coefficient (Wildman–Crippen LogP) is 1.15. The highest BCUT2D eigenvalue weighted by molar-refractivity contribution is 5.95. The van der Waals surface area contributed by atoms with Crippen molar-refractivity contribution in [3.63, 3.8) is 0 Å². The molecule has 1 heterocycles. The number of hydrogen-bond acceptors (Lipinski definition) is 4. The van der Waals surface area contributed by atoms with Crippen LogP contribution in [0.25, 0.3) is 0 Å². The van der Waals surface area contributed by atoms with E-state index in [4.69, 9.17) is 10.9 Å². The SMILES string of the molecule is Cc1ccc(C(=O)N(C)CC(C)C(N)=NO)c(C)n1. The number of carbonyl (C=O) groups excluding carboxylic acids is 1. The van der Waals surface area contributed by atoms with Crippen LogP contribution in [0.3, 0.4) is 0 Å². The Labute approximate surface area is 112 Å². The number of aryl methyl sites for hydroxylation is 2. The van der Waals surface area contributed by atoms with Crippen molar-refractivity contribution in [3.05, 3.63) is 29.1 Å². The van der Waals surface area contributed by atoms with Crippen molar-refractivity contribution >= 4 is 11.7 Å². The zero-order chi connectivity index (χ0) is 14.6. The number of amidine groups is 1. The Bertz CT molecular complexity index is 499. The van der Waals surface area contributed by atoms with Gasteiger partial charge in [-0.25, -0.2) is 0 Å². The molecule has 6 nitrogen and oxygen atoms in total. The standard InChI is InChI=1S/C13H20N4O2/c1-8(12(14)16-19)7-17(4)13(18)11-6-5-9(2)15-10(11)3/h5-6,8,19H,7H2,1-4H3,(H2,14,16). The number of nitrogens with zero attached hydrogens (tertiary/aromatic N) is 3. The highest BCUT2D eigenvalue weighted by Gasteiger charge is 2.18. The number of rotatable bonds is 4. The van der Waals surface area contributed by atoms with E-state index in [-0.39, 0.29) is 17.7 Å². The van der Waals surface area contributed by atoms with Crippen molar-refractivity contribution in [2.75, 3.05) is 13.6 Å². The van der Waals surface area contributed by atoms with Crippen molar-refractivity contribution in [1.29, 1.82) is 0 Å². The molecule has 6 heteroatoms. The van der Waals surface area contributed by atoms with Crippen molar-refractivity contribution < 1.29 is 10.0 Å². The van der Waals surface area contributed by atoms with Gasteiger partial charge in [0.1, 0.15) is 5.84 Å². The van der Waals surface area contributed by atoms with Crippen LogP contribution in [-0.2, 0) is 0 Å². The molecule has 0 aliphatic carbocycles. The summed E-state index contributed by atoms with van der Waals surface area (Å²) < 4.78 is 0. The van der Waals surface area contributed by atoms with Gasteiger partial charge in [-0.15, -0.1) is 0 Å². The molecule has 104 valence electrons. The summed E-state index contributed by atoms with van der Waals surface area (Å²) in [7, 11) is 1.68. The molecule has 19 heavy (non-hydrogen) atoms. The lowest BCUT2D eigenvalue weighted by Crippen LogP contribution is -2.36. The molecular formula is C13H20N4O2. The molecule has 1 atom stereocenters. The highest BCUT2D eigenvalue weighted by Crippen LogP contribution is 2.10. The normalized spacial score (nSPS) is 13.2. The first-order valence-electron chi connectivity index (χ1n) is 6.04. The fourth-order valence-electron chi connectivity index (χ4n) is 1.80. The fourth-order valence-corrected chi connectivity index (χ4v) is 1.80. The van der Waals surface area contributed by atoms with E-state index < -0.39 is 0 Å². The topological polar surface area (TPSA) is 91.8 Å². The maximum absolute atomic E-state index is 12.3. The quantitative estimate of drug-likeness (QED) is 0.369. The highest BCUT2D eigenvalue weighted by atomic mass is 16.4. The van der Waals surface area contributed by atoms with Crippen LogP contribution in [0.4, 0.5) is 0 Å². The van der Waals surface area contributed by atoms with Crippen LogP contribution in [0.2, 0.25) is 0 Å². The van der Waals surface area contributed by atoms with E-state index in [0.29, 0.717) is 17.8 Å². The number of hydrogen-bond donors (Lipinski definition) is 2. The van der Waals surface area contributed by atoms with Crippen molar-refractivity contribution in [2.24, 2.45) is 16.8 Å². The van der Waals surface area contributed by atoms with Crippen molar-refractivity contribution in [1.82, 2.24) is 9.88 Å². The van der Waals surface area contributed by atoms with Crippen molar-refractivity contribution in [2.45, 2.75) is 20.8 Å². The maximum atomic E-state index is 12.3. The van der Waals surface area contributed by atoms with Gasteiger partial charge in [-0.05, 0) is 26.0 Å². The van der Waals surface area contributed by atoms with E-state index in [2.05, 4.69) is 10.1 Å². The van der Waals surface area contributed by atoms with E-state index in [1.807, 2.05) is 6.92 Å². The van der Waals surface area contributed by atoms with Crippen molar-refractivity contribution in [3.8, 4) is 0 Å². The van der Waals surface area contributed by atoms with Gasteiger partial charge in [0.05, 0.1) is 11.3 Å². The third kappa shape index (κ3) is 3.67. The van der Waals surface area contributed by atoms with E-state index >= 15 is 0 Å². The van der Waals surface area contributed by atoms with Crippen LogP contribution in [0.15, 0.2) is 17.3 Å². The second-order valence-electron chi connectivity index (χ2n) is 4.70. The number of carbonyl (C=O) groups is 1. The molecule has 0 radical (unpaired) electrons. The molecule has 1 rings (SSSR count). The van der Waals surface area contributed by atoms with E-state index in [1.165, 1.54) is 0 Å². The summed E-state index contributed by atoms with van der Waals surface area (Å²) in [5.41, 5.74) is 7.65. The molecule has 1 aromatic heterocycles. The molecule has 0 saturated carbocycles. The minimum atomic E-state index is -0.210. The Kier molecular flexibility index (Phi) is 4.86. The van der Waals surface area contributed by atoms with Gasteiger partial charge in [-0.2, -0.15) is 0 Å². The summed E-state index contributed by atoms with van der Waals surface area (Å²) >= 11 is 0. The van der Waals surface area contributed by atoms with Crippen LogP contribution in [0.5, 0.6) is 0 Å². The maximum Gasteiger partial charge on any atom is 0.255 e. The van der Waals surface area contributed by atoms with Crippen LogP contribution in [0, 0.1) is 19.8 Å². The minimum Gasteiger partial charge on any atom is -0.409 e. The second-order valence-corrected chi connectivity index (χ2v) is 4.70. The first-order chi connectivity index (χ1) is 8.86. The third-order valence-corrected chi connectivity index (χ3v) is 2.97. The lowest BCUT2D eigenvalue weighted by molar-refractivity contribution is 0.0785. The summed E-state index contributed by atoms with van der Waals surface area (Å²) in [6, 6.07) is 3.58. The molecular weight excluding hydrogens is 244 g/mol. The van der Waals surface area contributed by atoms with Crippen LogP contribution >= 0.6 is 0 Å². The Morgan fingerprint density at radius 2 is 2.16 bits per heavy atom. The fraction of sp³-hybridized carbons (Fsp3) is 0.462. The van der Waals surface area contributed by atoms with E-state index in [0.717, 1.165) is 5.69 Å². The number of amides is 1. The molecule has 0 spiro atoms.